The summed E-state index contributed by atoms with van der Waals surface area (Å²) in [5.74, 6) is 0. The van der Waals surface area contributed by atoms with Crippen molar-refractivity contribution in [2.75, 3.05) is 6.61 Å². The standard InChI is InChI=1S/C8H14N2OS/c1-2-3-8-10-7(5-12-8)6(9)4-11/h5-6,11H,2-4,9H2,1H3. The first-order valence-electron chi connectivity index (χ1n) is 4.08. The Morgan fingerprint density at radius 2 is 2.50 bits per heavy atom. The summed E-state index contributed by atoms with van der Waals surface area (Å²) in [6.07, 6.45) is 2.10. The van der Waals surface area contributed by atoms with Crippen LogP contribution >= 0.6 is 11.3 Å². The van der Waals surface area contributed by atoms with Gasteiger partial charge in [-0.25, -0.2) is 4.98 Å². The molecule has 0 saturated heterocycles. The molecule has 0 aromatic carbocycles. The number of aliphatic hydroxyl groups is 1. The average Bonchev–Trinajstić information content (AvgIpc) is 2.52. The molecule has 0 amide bonds. The molecule has 0 spiro atoms. The smallest absolute Gasteiger partial charge is 0.0928 e. The van der Waals surface area contributed by atoms with E-state index in [4.69, 9.17) is 10.8 Å². The van der Waals surface area contributed by atoms with Crippen molar-refractivity contribution in [1.82, 2.24) is 4.98 Å². The van der Waals surface area contributed by atoms with Crippen molar-refractivity contribution in [3.8, 4) is 0 Å². The van der Waals surface area contributed by atoms with Crippen LogP contribution in [0.15, 0.2) is 5.38 Å². The van der Waals surface area contributed by atoms with Crippen LogP contribution in [0, 0.1) is 0 Å². The van der Waals surface area contributed by atoms with Gasteiger partial charge in [0.1, 0.15) is 0 Å². The van der Waals surface area contributed by atoms with Crippen LogP contribution in [-0.4, -0.2) is 16.7 Å². The molecule has 0 radical (unpaired) electrons. The predicted molar refractivity (Wildman–Crippen MR) is 50.1 cm³/mol. The zero-order valence-electron chi connectivity index (χ0n) is 7.16. The second kappa shape index (κ2) is 4.54. The molecular weight excluding hydrogens is 172 g/mol. The fourth-order valence-electron chi connectivity index (χ4n) is 0.918. The minimum absolute atomic E-state index is 0.0324. The average molecular weight is 186 g/mol. The molecule has 0 saturated carbocycles. The molecule has 68 valence electrons. The monoisotopic (exact) mass is 186 g/mol. The van der Waals surface area contributed by atoms with Crippen molar-refractivity contribution in [1.29, 1.82) is 0 Å². The lowest BCUT2D eigenvalue weighted by Crippen LogP contribution is -2.14. The number of aromatic nitrogens is 1. The van der Waals surface area contributed by atoms with Gasteiger partial charge in [-0.3, -0.25) is 0 Å². The third-order valence-corrected chi connectivity index (χ3v) is 2.54. The second-order valence-corrected chi connectivity index (χ2v) is 3.65. The lowest BCUT2D eigenvalue weighted by molar-refractivity contribution is 0.266. The van der Waals surface area contributed by atoms with Gasteiger partial charge in [0, 0.05) is 5.38 Å². The molecule has 4 heteroatoms. The highest BCUT2D eigenvalue weighted by Crippen LogP contribution is 2.15. The van der Waals surface area contributed by atoms with Crippen LogP contribution in [0.2, 0.25) is 0 Å². The van der Waals surface area contributed by atoms with Gasteiger partial charge in [0.05, 0.1) is 23.4 Å². The van der Waals surface area contributed by atoms with Crippen molar-refractivity contribution < 1.29 is 5.11 Å². The molecule has 1 rings (SSSR count). The van der Waals surface area contributed by atoms with Gasteiger partial charge in [0.2, 0.25) is 0 Å². The molecular formula is C8H14N2OS. The summed E-state index contributed by atoms with van der Waals surface area (Å²) in [5, 5.41) is 11.8. The van der Waals surface area contributed by atoms with E-state index < -0.39 is 0 Å². The SMILES string of the molecule is CCCc1nc(C(N)CO)cs1. The van der Waals surface area contributed by atoms with Crippen molar-refractivity contribution >= 4 is 11.3 Å². The quantitative estimate of drug-likeness (QED) is 0.740. The van der Waals surface area contributed by atoms with Crippen molar-refractivity contribution in [2.45, 2.75) is 25.8 Å². The molecule has 1 heterocycles. The maximum absolute atomic E-state index is 8.77. The number of nitrogens with two attached hydrogens (primary N) is 1. The van der Waals surface area contributed by atoms with E-state index in [2.05, 4.69) is 11.9 Å². The number of hydrogen-bond acceptors (Lipinski definition) is 4. The zero-order chi connectivity index (χ0) is 8.97. The Bertz CT molecular complexity index is 237. The highest BCUT2D eigenvalue weighted by molar-refractivity contribution is 7.09. The summed E-state index contributed by atoms with van der Waals surface area (Å²) in [6.45, 7) is 2.09. The largest absolute Gasteiger partial charge is 0.394 e. The van der Waals surface area contributed by atoms with E-state index in [1.807, 2.05) is 5.38 Å². The third-order valence-electron chi connectivity index (χ3n) is 1.61. The second-order valence-electron chi connectivity index (χ2n) is 2.71. The fourth-order valence-corrected chi connectivity index (χ4v) is 1.88. The number of aryl methyl sites for hydroxylation is 1. The van der Waals surface area contributed by atoms with E-state index in [0.717, 1.165) is 23.5 Å². The van der Waals surface area contributed by atoms with Crippen molar-refractivity contribution in [2.24, 2.45) is 5.73 Å². The molecule has 1 atom stereocenters. The van der Waals surface area contributed by atoms with Crippen LogP contribution in [-0.2, 0) is 6.42 Å². The van der Waals surface area contributed by atoms with Gasteiger partial charge < -0.3 is 10.8 Å². The van der Waals surface area contributed by atoms with Gasteiger partial charge in [-0.1, -0.05) is 6.92 Å². The Morgan fingerprint density at radius 3 is 3.08 bits per heavy atom. The van der Waals surface area contributed by atoms with Crippen LogP contribution < -0.4 is 5.73 Å². The Balaban J connectivity index is 2.63. The topological polar surface area (TPSA) is 59.1 Å². The fraction of sp³-hybridized carbons (Fsp3) is 0.625. The molecule has 0 bridgehead atoms. The zero-order valence-corrected chi connectivity index (χ0v) is 7.97. The van der Waals surface area contributed by atoms with Crippen LogP contribution in [0.5, 0.6) is 0 Å². The molecule has 1 unspecified atom stereocenters. The Labute approximate surface area is 76.3 Å². The minimum Gasteiger partial charge on any atom is -0.394 e. The van der Waals surface area contributed by atoms with E-state index in [-0.39, 0.29) is 12.6 Å². The lowest BCUT2D eigenvalue weighted by atomic mass is 10.2. The van der Waals surface area contributed by atoms with E-state index in [1.54, 1.807) is 11.3 Å². The number of rotatable bonds is 4. The number of aliphatic hydroxyl groups excluding tert-OH is 1. The van der Waals surface area contributed by atoms with Crippen LogP contribution in [0.3, 0.4) is 0 Å². The van der Waals surface area contributed by atoms with Gasteiger partial charge >= 0.3 is 0 Å². The van der Waals surface area contributed by atoms with Gasteiger partial charge in [-0.15, -0.1) is 11.3 Å². The molecule has 0 aliphatic rings. The molecule has 12 heavy (non-hydrogen) atoms. The Hall–Kier alpha value is -0.450. The summed E-state index contributed by atoms with van der Waals surface area (Å²) < 4.78 is 0. The summed E-state index contributed by atoms with van der Waals surface area (Å²) in [4.78, 5) is 4.30. The summed E-state index contributed by atoms with van der Waals surface area (Å²) >= 11 is 1.62. The number of nitrogens with zero attached hydrogens (tertiary/aromatic N) is 1. The maximum Gasteiger partial charge on any atom is 0.0928 e. The third kappa shape index (κ3) is 2.27. The van der Waals surface area contributed by atoms with Gasteiger partial charge in [-0.05, 0) is 12.8 Å². The first kappa shape index (κ1) is 9.64. The molecule has 0 aliphatic heterocycles. The maximum atomic E-state index is 8.77. The molecule has 0 fully saturated rings. The van der Waals surface area contributed by atoms with Gasteiger partial charge in [-0.2, -0.15) is 0 Å². The van der Waals surface area contributed by atoms with Crippen LogP contribution in [0.4, 0.5) is 0 Å². The summed E-state index contributed by atoms with van der Waals surface area (Å²) in [6, 6.07) is -0.313. The minimum atomic E-state index is -0.313. The molecule has 1 aromatic heterocycles. The molecule has 3 N–H and O–H groups in total. The van der Waals surface area contributed by atoms with Gasteiger partial charge in [0.15, 0.2) is 0 Å². The predicted octanol–water partition coefficient (Wildman–Crippen LogP) is 1.09. The highest BCUT2D eigenvalue weighted by Gasteiger charge is 2.08. The van der Waals surface area contributed by atoms with Crippen LogP contribution in [0.25, 0.3) is 0 Å². The number of hydrogen-bond donors (Lipinski definition) is 2. The summed E-state index contributed by atoms with van der Waals surface area (Å²) in [5.41, 5.74) is 6.41. The van der Waals surface area contributed by atoms with E-state index in [9.17, 15) is 0 Å². The first-order valence-corrected chi connectivity index (χ1v) is 4.96. The highest BCUT2D eigenvalue weighted by atomic mass is 32.1. The number of thiazole rings is 1. The summed E-state index contributed by atoms with van der Waals surface area (Å²) in [7, 11) is 0. The van der Waals surface area contributed by atoms with E-state index >= 15 is 0 Å². The first-order chi connectivity index (χ1) is 5.77. The van der Waals surface area contributed by atoms with E-state index in [1.165, 1.54) is 0 Å². The molecule has 0 aliphatic carbocycles. The molecule has 3 nitrogen and oxygen atoms in total. The van der Waals surface area contributed by atoms with Crippen molar-refractivity contribution in [3.63, 3.8) is 0 Å². The van der Waals surface area contributed by atoms with E-state index in [0.29, 0.717) is 0 Å². The normalized spacial score (nSPS) is 13.2. The Kier molecular flexibility index (Phi) is 3.65. The lowest BCUT2D eigenvalue weighted by Gasteiger charge is -2.01. The van der Waals surface area contributed by atoms with Gasteiger partial charge in [0.25, 0.3) is 0 Å². The molecule has 1 aromatic rings. The Morgan fingerprint density at radius 1 is 1.75 bits per heavy atom. The van der Waals surface area contributed by atoms with Crippen LogP contribution in [0.1, 0.15) is 30.1 Å². The van der Waals surface area contributed by atoms with Crippen molar-refractivity contribution in [3.05, 3.63) is 16.1 Å².